The van der Waals surface area contributed by atoms with Gasteiger partial charge in [-0.15, -0.1) is 0 Å². The second-order valence-electron chi connectivity index (χ2n) is 6.28. The van der Waals surface area contributed by atoms with E-state index >= 15 is 0 Å². The van der Waals surface area contributed by atoms with E-state index in [2.05, 4.69) is 41.5 Å². The van der Waals surface area contributed by atoms with Crippen LogP contribution in [0.25, 0.3) is 21.5 Å². The minimum Gasteiger partial charge on any atom is -0.497 e. The number of benzene rings is 4. The van der Waals surface area contributed by atoms with Crippen LogP contribution in [0.2, 0.25) is 0 Å². The van der Waals surface area contributed by atoms with E-state index in [4.69, 9.17) is 21.1 Å². The molecule has 1 atom stereocenters. The molecule has 1 unspecified atom stereocenters. The number of ether oxygens (including phenoxy) is 1. The van der Waals surface area contributed by atoms with E-state index in [0.29, 0.717) is 0 Å². The van der Waals surface area contributed by atoms with Crippen LogP contribution in [0.1, 0.15) is 0 Å². The fourth-order valence-electron chi connectivity index (χ4n) is 3.47. The molecule has 1 heterocycles. The predicted octanol–water partition coefficient (Wildman–Crippen LogP) is 5.44. The van der Waals surface area contributed by atoms with Gasteiger partial charge in [-0.1, -0.05) is 36.4 Å². The summed E-state index contributed by atoms with van der Waals surface area (Å²) in [5, 5.41) is 9.00. The first-order valence-corrected chi connectivity index (χ1v) is 11.1. The second kappa shape index (κ2) is 5.73. The minimum atomic E-state index is -2.47. The molecule has 26 heavy (non-hydrogen) atoms. The molecule has 3 nitrogen and oxygen atoms in total. The molecule has 1 N–H and O–H groups in total. The molecule has 0 saturated carbocycles. The highest BCUT2D eigenvalue weighted by Crippen LogP contribution is 2.56. The molecule has 5 rings (SSSR count). The Labute approximate surface area is 156 Å². The standard InChI is InChI=1S/C21H16NO2PS/c1-23-16-9-11-17(12-10-16)25(26)22-19-8-4-6-15-13-14-5-2-3-7-18(14)21(24-25)20(15)19/h2-13H,1H3,(H,22,26). The van der Waals surface area contributed by atoms with Gasteiger partial charge in [0.2, 0.25) is 6.42 Å². The van der Waals surface area contributed by atoms with Crippen LogP contribution in [0, 0.1) is 0 Å². The number of methoxy groups -OCH3 is 1. The SMILES string of the molecule is COc1ccc(P2(=S)Nc3cccc4cc5ccccc5c(c34)O2)cc1. The van der Waals surface area contributed by atoms with Crippen molar-refractivity contribution < 1.29 is 9.26 Å². The van der Waals surface area contributed by atoms with E-state index in [1.165, 1.54) is 0 Å². The average molecular weight is 377 g/mol. The first kappa shape index (κ1) is 15.7. The third-order valence-electron chi connectivity index (χ3n) is 4.74. The summed E-state index contributed by atoms with van der Waals surface area (Å²) in [4.78, 5) is 0. The Hall–Kier alpha value is -2.55. The average Bonchev–Trinajstić information content (AvgIpc) is 2.68. The van der Waals surface area contributed by atoms with Gasteiger partial charge in [-0.25, -0.2) is 0 Å². The van der Waals surface area contributed by atoms with E-state index < -0.39 is 6.42 Å². The highest BCUT2D eigenvalue weighted by atomic mass is 32.4. The van der Waals surface area contributed by atoms with Gasteiger partial charge in [-0.3, -0.25) is 0 Å². The van der Waals surface area contributed by atoms with Gasteiger partial charge in [-0.05, 0) is 59.0 Å². The maximum Gasteiger partial charge on any atom is 0.232 e. The number of nitrogens with one attached hydrogen (secondary N) is 1. The monoisotopic (exact) mass is 377 g/mol. The van der Waals surface area contributed by atoms with Gasteiger partial charge in [0.1, 0.15) is 11.5 Å². The maximum atomic E-state index is 6.54. The van der Waals surface area contributed by atoms with Crippen LogP contribution in [0.3, 0.4) is 0 Å². The van der Waals surface area contributed by atoms with Crippen LogP contribution < -0.4 is 19.7 Å². The second-order valence-corrected chi connectivity index (χ2v) is 9.85. The smallest absolute Gasteiger partial charge is 0.232 e. The maximum absolute atomic E-state index is 6.54. The van der Waals surface area contributed by atoms with Gasteiger partial charge in [0.25, 0.3) is 0 Å². The highest BCUT2D eigenvalue weighted by Gasteiger charge is 2.30. The highest BCUT2D eigenvalue weighted by molar-refractivity contribution is 8.16. The Kier molecular flexibility index (Phi) is 3.46. The molecular weight excluding hydrogens is 361 g/mol. The van der Waals surface area contributed by atoms with E-state index in [-0.39, 0.29) is 0 Å². The van der Waals surface area contributed by atoms with Crippen molar-refractivity contribution >= 4 is 50.8 Å². The molecule has 0 bridgehead atoms. The van der Waals surface area contributed by atoms with Gasteiger partial charge < -0.3 is 14.3 Å². The largest absolute Gasteiger partial charge is 0.497 e. The molecule has 0 aliphatic carbocycles. The number of fused-ring (bicyclic) bond motifs is 2. The summed E-state index contributed by atoms with van der Waals surface area (Å²) in [5.41, 5.74) is 1.04. The summed E-state index contributed by atoms with van der Waals surface area (Å²) in [7, 11) is 1.66. The molecule has 128 valence electrons. The van der Waals surface area contributed by atoms with E-state index in [1.54, 1.807) is 7.11 Å². The molecule has 0 radical (unpaired) electrons. The zero-order valence-corrected chi connectivity index (χ0v) is 15.8. The molecular formula is C21H16NO2PS. The van der Waals surface area contributed by atoms with Crippen LogP contribution in [0.4, 0.5) is 5.69 Å². The van der Waals surface area contributed by atoms with Crippen LogP contribution in [-0.4, -0.2) is 7.11 Å². The number of anilines is 1. The van der Waals surface area contributed by atoms with Crippen molar-refractivity contribution in [1.29, 1.82) is 0 Å². The van der Waals surface area contributed by atoms with Crippen molar-refractivity contribution in [1.82, 2.24) is 0 Å². The summed E-state index contributed by atoms with van der Waals surface area (Å²) in [6.07, 6.45) is -2.47. The molecule has 0 fully saturated rings. The van der Waals surface area contributed by atoms with Gasteiger partial charge in [0.05, 0.1) is 12.8 Å². The third kappa shape index (κ3) is 2.30. The van der Waals surface area contributed by atoms with Crippen molar-refractivity contribution in [2.75, 3.05) is 12.2 Å². The van der Waals surface area contributed by atoms with Gasteiger partial charge in [0.15, 0.2) is 0 Å². The summed E-state index contributed by atoms with van der Waals surface area (Å²) < 4.78 is 11.8. The lowest BCUT2D eigenvalue weighted by atomic mass is 10.0. The Morgan fingerprint density at radius 1 is 0.923 bits per heavy atom. The lowest BCUT2D eigenvalue weighted by molar-refractivity contribution is 0.415. The zero-order valence-electron chi connectivity index (χ0n) is 14.1. The van der Waals surface area contributed by atoms with Crippen LogP contribution in [0.15, 0.2) is 72.8 Å². The van der Waals surface area contributed by atoms with E-state index in [0.717, 1.165) is 44.0 Å². The number of rotatable bonds is 2. The summed E-state index contributed by atoms with van der Waals surface area (Å²) in [6, 6.07) is 24.6. The fourth-order valence-corrected chi connectivity index (χ4v) is 6.13. The fraction of sp³-hybridized carbons (Fsp3) is 0.0476. The summed E-state index contributed by atoms with van der Waals surface area (Å²) >= 11 is 6.02. The summed E-state index contributed by atoms with van der Waals surface area (Å²) in [6.45, 7) is 0. The molecule has 0 saturated heterocycles. The zero-order chi connectivity index (χ0) is 17.7. The van der Waals surface area contributed by atoms with Crippen molar-refractivity contribution in [2.24, 2.45) is 0 Å². The van der Waals surface area contributed by atoms with Gasteiger partial charge >= 0.3 is 0 Å². The molecule has 4 aromatic rings. The van der Waals surface area contributed by atoms with Crippen LogP contribution >= 0.6 is 6.42 Å². The number of hydrogen-bond acceptors (Lipinski definition) is 3. The van der Waals surface area contributed by atoms with E-state index in [1.807, 2.05) is 36.4 Å². The molecule has 1 aliphatic heterocycles. The lowest BCUT2D eigenvalue weighted by Crippen LogP contribution is -2.19. The predicted molar refractivity (Wildman–Crippen MR) is 113 cm³/mol. The molecule has 5 heteroatoms. The molecule has 0 amide bonds. The van der Waals surface area contributed by atoms with Gasteiger partial charge in [0, 0.05) is 16.1 Å². The normalized spacial score (nSPS) is 18.3. The molecule has 4 aromatic carbocycles. The third-order valence-corrected chi connectivity index (χ3v) is 7.82. The summed E-state index contributed by atoms with van der Waals surface area (Å²) in [5.74, 6) is 1.69. The Bertz CT molecular complexity index is 1200. The van der Waals surface area contributed by atoms with Crippen molar-refractivity contribution in [2.45, 2.75) is 0 Å². The van der Waals surface area contributed by atoms with Crippen molar-refractivity contribution in [3.8, 4) is 11.5 Å². The first-order valence-electron chi connectivity index (χ1n) is 8.35. The van der Waals surface area contributed by atoms with Crippen LogP contribution in [0.5, 0.6) is 11.5 Å². The Balaban J connectivity index is 1.76. The van der Waals surface area contributed by atoms with Crippen molar-refractivity contribution in [3.05, 3.63) is 72.8 Å². The molecule has 0 spiro atoms. The molecule has 1 aliphatic rings. The lowest BCUT2D eigenvalue weighted by Gasteiger charge is -2.32. The first-order chi connectivity index (χ1) is 12.7. The number of hydrogen-bond donors (Lipinski definition) is 1. The minimum absolute atomic E-state index is 0.806. The Morgan fingerprint density at radius 2 is 1.69 bits per heavy atom. The van der Waals surface area contributed by atoms with Gasteiger partial charge in [-0.2, -0.15) is 0 Å². The quantitative estimate of drug-likeness (QED) is 0.372. The molecule has 0 aromatic heterocycles. The van der Waals surface area contributed by atoms with E-state index in [9.17, 15) is 0 Å². The van der Waals surface area contributed by atoms with Crippen molar-refractivity contribution in [3.63, 3.8) is 0 Å². The topological polar surface area (TPSA) is 30.5 Å². The Morgan fingerprint density at radius 3 is 2.50 bits per heavy atom. The van der Waals surface area contributed by atoms with Crippen LogP contribution in [-0.2, 0) is 11.8 Å².